The standard InChI is InChI=1S/C23H26N2O6/c1-5-30-16-11-12-17(18(13-16)31-6-2)21-19(22(26)29-4)20(24-23(27)25-21)14-7-9-15(28-3)10-8-14/h7-13,21H,5-6H2,1-4H3,(H2,24,25,27). The van der Waals surface area contributed by atoms with Crippen LogP contribution in [0.15, 0.2) is 48.0 Å². The lowest BCUT2D eigenvalue weighted by Gasteiger charge is -2.30. The lowest BCUT2D eigenvalue weighted by atomic mass is 9.92. The molecular formula is C23H26N2O6. The van der Waals surface area contributed by atoms with Gasteiger partial charge in [0.25, 0.3) is 0 Å². The minimum Gasteiger partial charge on any atom is -0.497 e. The maximum atomic E-state index is 12.8. The predicted octanol–water partition coefficient (Wildman–Crippen LogP) is 3.43. The average molecular weight is 426 g/mol. The van der Waals surface area contributed by atoms with E-state index in [1.807, 2.05) is 13.8 Å². The minimum absolute atomic E-state index is 0.261. The Labute approximate surface area is 181 Å². The van der Waals surface area contributed by atoms with Crippen molar-refractivity contribution in [2.75, 3.05) is 27.4 Å². The molecule has 2 aromatic rings. The number of carbonyl (C=O) groups excluding carboxylic acids is 2. The van der Waals surface area contributed by atoms with Crippen molar-refractivity contribution in [3.63, 3.8) is 0 Å². The Hall–Kier alpha value is -3.68. The summed E-state index contributed by atoms with van der Waals surface area (Å²) in [7, 11) is 2.87. The summed E-state index contributed by atoms with van der Waals surface area (Å²) in [6.45, 7) is 4.66. The third-order valence-electron chi connectivity index (χ3n) is 4.76. The average Bonchev–Trinajstić information content (AvgIpc) is 2.79. The molecule has 0 spiro atoms. The highest BCUT2D eigenvalue weighted by atomic mass is 16.5. The summed E-state index contributed by atoms with van der Waals surface area (Å²) in [6, 6.07) is 11.1. The van der Waals surface area contributed by atoms with Gasteiger partial charge in [0.1, 0.15) is 17.2 Å². The Morgan fingerprint density at radius 3 is 2.26 bits per heavy atom. The molecule has 0 saturated carbocycles. The predicted molar refractivity (Wildman–Crippen MR) is 115 cm³/mol. The normalized spacial score (nSPS) is 15.6. The topological polar surface area (TPSA) is 95.1 Å². The zero-order chi connectivity index (χ0) is 22.4. The van der Waals surface area contributed by atoms with Crippen LogP contribution in [-0.2, 0) is 9.53 Å². The first-order valence-electron chi connectivity index (χ1n) is 9.96. The van der Waals surface area contributed by atoms with Crippen molar-refractivity contribution in [2.24, 2.45) is 0 Å². The molecule has 2 aromatic carbocycles. The van der Waals surface area contributed by atoms with Crippen LogP contribution >= 0.6 is 0 Å². The van der Waals surface area contributed by atoms with Gasteiger partial charge in [0, 0.05) is 11.6 Å². The molecule has 0 aromatic heterocycles. The van der Waals surface area contributed by atoms with Crippen LogP contribution < -0.4 is 24.8 Å². The fourth-order valence-corrected chi connectivity index (χ4v) is 3.40. The van der Waals surface area contributed by atoms with Crippen molar-refractivity contribution in [1.29, 1.82) is 0 Å². The quantitative estimate of drug-likeness (QED) is 0.628. The van der Waals surface area contributed by atoms with Crippen LogP contribution in [0.2, 0.25) is 0 Å². The Morgan fingerprint density at radius 2 is 1.65 bits per heavy atom. The number of hydrogen-bond acceptors (Lipinski definition) is 6. The highest BCUT2D eigenvalue weighted by Crippen LogP contribution is 2.38. The molecule has 0 radical (unpaired) electrons. The van der Waals surface area contributed by atoms with E-state index in [2.05, 4.69) is 10.6 Å². The zero-order valence-electron chi connectivity index (χ0n) is 18.0. The summed E-state index contributed by atoms with van der Waals surface area (Å²) in [5.41, 5.74) is 1.88. The van der Waals surface area contributed by atoms with E-state index < -0.39 is 18.0 Å². The molecule has 3 rings (SSSR count). The number of urea groups is 1. The number of rotatable bonds is 8. The lowest BCUT2D eigenvalue weighted by molar-refractivity contribution is -0.136. The van der Waals surface area contributed by atoms with E-state index in [0.717, 1.165) is 0 Å². The molecule has 1 aliphatic rings. The zero-order valence-corrected chi connectivity index (χ0v) is 18.0. The molecule has 2 amide bonds. The Morgan fingerprint density at radius 1 is 0.968 bits per heavy atom. The largest absolute Gasteiger partial charge is 0.497 e. The molecule has 0 aliphatic carbocycles. The second-order valence-corrected chi connectivity index (χ2v) is 6.61. The number of hydrogen-bond donors (Lipinski definition) is 2. The smallest absolute Gasteiger partial charge is 0.338 e. The summed E-state index contributed by atoms with van der Waals surface area (Å²) in [5.74, 6) is 1.23. The van der Waals surface area contributed by atoms with Crippen LogP contribution in [0.25, 0.3) is 5.70 Å². The molecule has 8 nitrogen and oxygen atoms in total. The highest BCUT2D eigenvalue weighted by Gasteiger charge is 2.35. The fourth-order valence-electron chi connectivity index (χ4n) is 3.40. The fraction of sp³-hybridized carbons (Fsp3) is 0.304. The van der Waals surface area contributed by atoms with Crippen molar-refractivity contribution in [3.05, 3.63) is 59.2 Å². The van der Waals surface area contributed by atoms with Gasteiger partial charge in [-0.25, -0.2) is 9.59 Å². The number of benzene rings is 2. The first-order chi connectivity index (χ1) is 15.0. The van der Waals surface area contributed by atoms with Crippen LogP contribution in [0.3, 0.4) is 0 Å². The molecule has 0 fully saturated rings. The van der Waals surface area contributed by atoms with Crippen molar-refractivity contribution < 1.29 is 28.5 Å². The van der Waals surface area contributed by atoms with Gasteiger partial charge in [0.15, 0.2) is 0 Å². The van der Waals surface area contributed by atoms with Crippen molar-refractivity contribution in [2.45, 2.75) is 19.9 Å². The van der Waals surface area contributed by atoms with E-state index in [9.17, 15) is 9.59 Å². The molecule has 1 heterocycles. The summed E-state index contributed by atoms with van der Waals surface area (Å²) in [4.78, 5) is 25.4. The summed E-state index contributed by atoms with van der Waals surface area (Å²) >= 11 is 0. The van der Waals surface area contributed by atoms with Gasteiger partial charge < -0.3 is 29.6 Å². The molecule has 1 atom stereocenters. The van der Waals surface area contributed by atoms with Gasteiger partial charge in [-0.15, -0.1) is 0 Å². The molecule has 164 valence electrons. The van der Waals surface area contributed by atoms with Crippen LogP contribution in [-0.4, -0.2) is 39.4 Å². The van der Waals surface area contributed by atoms with Crippen LogP contribution in [0.5, 0.6) is 17.2 Å². The van der Waals surface area contributed by atoms with E-state index in [1.54, 1.807) is 49.6 Å². The van der Waals surface area contributed by atoms with Crippen LogP contribution in [0.1, 0.15) is 31.0 Å². The van der Waals surface area contributed by atoms with E-state index in [1.165, 1.54) is 7.11 Å². The third kappa shape index (κ3) is 4.74. The number of esters is 1. The van der Waals surface area contributed by atoms with E-state index in [-0.39, 0.29) is 5.57 Å². The Kier molecular flexibility index (Phi) is 7.02. The molecule has 31 heavy (non-hydrogen) atoms. The van der Waals surface area contributed by atoms with Crippen molar-refractivity contribution >= 4 is 17.7 Å². The second-order valence-electron chi connectivity index (χ2n) is 6.61. The second kappa shape index (κ2) is 9.88. The van der Waals surface area contributed by atoms with E-state index in [0.29, 0.717) is 47.3 Å². The molecule has 1 aliphatic heterocycles. The maximum absolute atomic E-state index is 12.8. The molecule has 8 heteroatoms. The number of methoxy groups -OCH3 is 2. The van der Waals surface area contributed by atoms with Gasteiger partial charge in [0.05, 0.1) is 44.7 Å². The first kappa shape index (κ1) is 22.0. The summed E-state index contributed by atoms with van der Waals surface area (Å²) in [6.07, 6.45) is 0. The van der Waals surface area contributed by atoms with Gasteiger partial charge in [-0.3, -0.25) is 0 Å². The van der Waals surface area contributed by atoms with Gasteiger partial charge in [-0.1, -0.05) is 0 Å². The SMILES string of the molecule is CCOc1ccc(C2NC(=O)NC(c3ccc(OC)cc3)=C2C(=O)OC)c(OCC)c1. The third-order valence-corrected chi connectivity index (χ3v) is 4.76. The van der Waals surface area contributed by atoms with Gasteiger partial charge in [-0.2, -0.15) is 0 Å². The van der Waals surface area contributed by atoms with Crippen LogP contribution in [0.4, 0.5) is 4.79 Å². The Balaban J connectivity index is 2.17. The molecular weight excluding hydrogens is 400 g/mol. The minimum atomic E-state index is -0.782. The molecule has 1 unspecified atom stereocenters. The molecule has 0 saturated heterocycles. The number of carbonyl (C=O) groups is 2. The molecule has 2 N–H and O–H groups in total. The van der Waals surface area contributed by atoms with Gasteiger partial charge >= 0.3 is 12.0 Å². The summed E-state index contributed by atoms with van der Waals surface area (Å²) < 4.78 is 21.6. The van der Waals surface area contributed by atoms with Gasteiger partial charge in [-0.05, 0) is 55.8 Å². The van der Waals surface area contributed by atoms with E-state index >= 15 is 0 Å². The van der Waals surface area contributed by atoms with Crippen molar-refractivity contribution in [1.82, 2.24) is 10.6 Å². The highest BCUT2D eigenvalue weighted by molar-refractivity contribution is 6.04. The van der Waals surface area contributed by atoms with Gasteiger partial charge in [0.2, 0.25) is 0 Å². The monoisotopic (exact) mass is 426 g/mol. The number of nitrogens with one attached hydrogen (secondary N) is 2. The number of ether oxygens (including phenoxy) is 4. The Bertz CT molecular complexity index is 984. The first-order valence-corrected chi connectivity index (χ1v) is 9.96. The van der Waals surface area contributed by atoms with Crippen molar-refractivity contribution in [3.8, 4) is 17.2 Å². The van der Waals surface area contributed by atoms with Crippen LogP contribution in [0, 0.1) is 0 Å². The molecule has 0 bridgehead atoms. The lowest BCUT2D eigenvalue weighted by Crippen LogP contribution is -2.45. The summed E-state index contributed by atoms with van der Waals surface area (Å²) in [5, 5.41) is 5.56. The number of amides is 2. The maximum Gasteiger partial charge on any atom is 0.338 e. The van der Waals surface area contributed by atoms with E-state index in [4.69, 9.17) is 18.9 Å².